The third-order valence-electron chi connectivity index (χ3n) is 6.10. The van der Waals surface area contributed by atoms with Gasteiger partial charge in [-0.15, -0.1) is 0 Å². The molecule has 2 aliphatic heterocycles. The van der Waals surface area contributed by atoms with Crippen molar-refractivity contribution in [3.05, 3.63) is 70.4 Å². The summed E-state index contributed by atoms with van der Waals surface area (Å²) in [6, 6.07) is 13.8. The van der Waals surface area contributed by atoms with E-state index in [4.69, 9.17) is 4.74 Å². The lowest BCUT2D eigenvalue weighted by Gasteiger charge is -2.27. The molecule has 2 aromatic rings. The van der Waals surface area contributed by atoms with Gasteiger partial charge >= 0.3 is 0 Å². The van der Waals surface area contributed by atoms with Crippen molar-refractivity contribution < 1.29 is 14.3 Å². The second-order valence-electron chi connectivity index (χ2n) is 8.63. The number of benzene rings is 2. The van der Waals surface area contributed by atoms with Crippen LogP contribution in [0.5, 0.6) is 0 Å². The van der Waals surface area contributed by atoms with Crippen molar-refractivity contribution in [3.8, 4) is 0 Å². The summed E-state index contributed by atoms with van der Waals surface area (Å²) >= 11 is 0. The molecular weight excluding hydrogens is 402 g/mol. The molecule has 0 saturated carbocycles. The van der Waals surface area contributed by atoms with E-state index in [1.54, 1.807) is 0 Å². The van der Waals surface area contributed by atoms with E-state index in [1.165, 1.54) is 4.90 Å². The maximum absolute atomic E-state index is 13.5. The summed E-state index contributed by atoms with van der Waals surface area (Å²) < 4.78 is 5.40. The van der Waals surface area contributed by atoms with Gasteiger partial charge in [0.25, 0.3) is 11.8 Å². The summed E-state index contributed by atoms with van der Waals surface area (Å²) in [4.78, 5) is 30.6. The second-order valence-corrected chi connectivity index (χ2v) is 8.63. The minimum absolute atomic E-state index is 0.224. The molecule has 1 saturated heterocycles. The van der Waals surface area contributed by atoms with Gasteiger partial charge in [-0.1, -0.05) is 41.5 Å². The maximum atomic E-state index is 13.5. The second kappa shape index (κ2) is 9.67. The van der Waals surface area contributed by atoms with Gasteiger partial charge < -0.3 is 10.1 Å². The van der Waals surface area contributed by atoms with E-state index in [1.807, 2.05) is 63.2 Å². The number of rotatable bonds is 7. The van der Waals surface area contributed by atoms with Gasteiger partial charge in [-0.3, -0.25) is 19.4 Å². The fourth-order valence-electron chi connectivity index (χ4n) is 4.30. The summed E-state index contributed by atoms with van der Waals surface area (Å²) in [5.41, 5.74) is 5.66. The first kappa shape index (κ1) is 22.2. The van der Waals surface area contributed by atoms with Gasteiger partial charge in [0.2, 0.25) is 0 Å². The van der Waals surface area contributed by atoms with Crippen LogP contribution in [0, 0.1) is 20.8 Å². The van der Waals surface area contributed by atoms with Crippen LogP contribution in [0.2, 0.25) is 0 Å². The number of carbonyl (C=O) groups is 2. The minimum atomic E-state index is -0.257. The predicted molar refractivity (Wildman–Crippen MR) is 126 cm³/mol. The van der Waals surface area contributed by atoms with E-state index in [2.05, 4.69) is 10.2 Å². The van der Waals surface area contributed by atoms with Gasteiger partial charge in [0.15, 0.2) is 0 Å². The first-order chi connectivity index (χ1) is 15.4. The van der Waals surface area contributed by atoms with Crippen molar-refractivity contribution in [1.82, 2.24) is 9.80 Å². The van der Waals surface area contributed by atoms with E-state index >= 15 is 0 Å². The fourth-order valence-corrected chi connectivity index (χ4v) is 4.30. The molecule has 2 aromatic carbocycles. The molecule has 0 unspecified atom stereocenters. The smallest absolute Gasteiger partial charge is 0.278 e. The van der Waals surface area contributed by atoms with Crippen LogP contribution in [0.25, 0.3) is 5.57 Å². The molecule has 168 valence electrons. The number of imide groups is 1. The molecule has 2 aliphatic rings. The summed E-state index contributed by atoms with van der Waals surface area (Å²) in [7, 11) is 0. The lowest BCUT2D eigenvalue weighted by atomic mass is 9.97. The highest BCUT2D eigenvalue weighted by molar-refractivity contribution is 6.36. The van der Waals surface area contributed by atoms with Gasteiger partial charge in [0, 0.05) is 31.9 Å². The van der Waals surface area contributed by atoms with Crippen LogP contribution in [-0.2, 0) is 14.3 Å². The van der Waals surface area contributed by atoms with E-state index in [-0.39, 0.29) is 11.8 Å². The van der Waals surface area contributed by atoms with Crippen molar-refractivity contribution in [1.29, 1.82) is 0 Å². The van der Waals surface area contributed by atoms with Gasteiger partial charge in [-0.05, 0) is 50.5 Å². The topological polar surface area (TPSA) is 61.9 Å². The molecule has 6 heteroatoms. The number of hydrogen-bond donors (Lipinski definition) is 1. The molecule has 4 rings (SSSR count). The van der Waals surface area contributed by atoms with Gasteiger partial charge in [-0.25, -0.2) is 0 Å². The zero-order valence-corrected chi connectivity index (χ0v) is 19.1. The Morgan fingerprint density at radius 2 is 1.56 bits per heavy atom. The molecular formula is C26H31N3O3. The molecule has 1 N–H and O–H groups in total. The Kier molecular flexibility index (Phi) is 6.72. The zero-order valence-electron chi connectivity index (χ0n) is 19.1. The first-order valence-electron chi connectivity index (χ1n) is 11.3. The van der Waals surface area contributed by atoms with E-state index in [9.17, 15) is 9.59 Å². The lowest BCUT2D eigenvalue weighted by Crippen LogP contribution is -2.39. The molecule has 0 radical (unpaired) electrons. The highest BCUT2D eigenvalue weighted by atomic mass is 16.5. The Hall–Kier alpha value is -2.96. The Balaban J connectivity index is 1.59. The Bertz CT molecular complexity index is 1040. The average molecular weight is 434 g/mol. The van der Waals surface area contributed by atoms with Crippen molar-refractivity contribution in [2.24, 2.45) is 0 Å². The quantitative estimate of drug-likeness (QED) is 0.677. The van der Waals surface area contributed by atoms with E-state index in [0.717, 1.165) is 67.2 Å². The highest BCUT2D eigenvalue weighted by Gasteiger charge is 2.39. The fraction of sp³-hybridized carbons (Fsp3) is 0.385. The molecule has 0 spiro atoms. The summed E-state index contributed by atoms with van der Waals surface area (Å²) in [6.07, 6.45) is 0.745. The predicted octanol–water partition coefficient (Wildman–Crippen LogP) is 3.53. The molecule has 0 atom stereocenters. The number of hydrogen-bond acceptors (Lipinski definition) is 5. The molecule has 6 nitrogen and oxygen atoms in total. The van der Waals surface area contributed by atoms with Crippen LogP contribution in [0.15, 0.2) is 48.2 Å². The molecule has 32 heavy (non-hydrogen) atoms. The number of aryl methyl sites for hydroxylation is 3. The first-order valence-corrected chi connectivity index (χ1v) is 11.3. The summed E-state index contributed by atoms with van der Waals surface area (Å²) in [6.45, 7) is 10.6. The Morgan fingerprint density at radius 3 is 2.25 bits per heavy atom. The molecule has 2 heterocycles. The van der Waals surface area contributed by atoms with Crippen molar-refractivity contribution >= 4 is 23.1 Å². The van der Waals surface area contributed by atoms with E-state index < -0.39 is 0 Å². The molecule has 0 bridgehead atoms. The monoisotopic (exact) mass is 433 g/mol. The third-order valence-corrected chi connectivity index (χ3v) is 6.10. The van der Waals surface area contributed by atoms with Crippen LogP contribution in [-0.4, -0.2) is 61.0 Å². The standard InChI is InChI=1S/C26H31N3O3/c1-18-5-8-21(9-6-18)27-24-23(22-10-7-19(2)17-20(22)3)25(30)29(26(24)31)12-4-11-28-13-15-32-16-14-28/h5-10,17,27H,4,11-16H2,1-3H3. The number of carbonyl (C=O) groups excluding carboxylic acids is 2. The summed E-state index contributed by atoms with van der Waals surface area (Å²) in [5.74, 6) is -0.480. The molecule has 0 aliphatic carbocycles. The van der Waals surface area contributed by atoms with Crippen LogP contribution in [0.3, 0.4) is 0 Å². The third kappa shape index (κ3) is 4.76. The lowest BCUT2D eigenvalue weighted by molar-refractivity contribution is -0.136. The molecule has 2 amide bonds. The number of ether oxygens (including phenoxy) is 1. The van der Waals surface area contributed by atoms with Gasteiger partial charge in [-0.2, -0.15) is 0 Å². The van der Waals surface area contributed by atoms with Gasteiger partial charge in [0.1, 0.15) is 5.70 Å². The van der Waals surface area contributed by atoms with Crippen molar-refractivity contribution in [2.45, 2.75) is 27.2 Å². The molecule has 1 fully saturated rings. The minimum Gasteiger partial charge on any atom is -0.379 e. The Morgan fingerprint density at radius 1 is 0.875 bits per heavy atom. The molecule has 0 aromatic heterocycles. The van der Waals surface area contributed by atoms with Crippen molar-refractivity contribution in [2.75, 3.05) is 44.7 Å². The van der Waals surface area contributed by atoms with Crippen LogP contribution in [0.1, 0.15) is 28.7 Å². The number of nitrogens with zero attached hydrogens (tertiary/aromatic N) is 2. The Labute approximate surface area is 189 Å². The average Bonchev–Trinajstić information content (AvgIpc) is 3.00. The van der Waals surface area contributed by atoms with Gasteiger partial charge in [0.05, 0.1) is 18.8 Å². The largest absolute Gasteiger partial charge is 0.379 e. The maximum Gasteiger partial charge on any atom is 0.278 e. The summed E-state index contributed by atoms with van der Waals surface area (Å²) in [5, 5.41) is 3.25. The highest BCUT2D eigenvalue weighted by Crippen LogP contribution is 2.32. The number of anilines is 1. The number of amides is 2. The van der Waals surface area contributed by atoms with Crippen LogP contribution in [0.4, 0.5) is 5.69 Å². The zero-order chi connectivity index (χ0) is 22.7. The van der Waals surface area contributed by atoms with E-state index in [0.29, 0.717) is 17.8 Å². The van der Waals surface area contributed by atoms with Crippen molar-refractivity contribution in [3.63, 3.8) is 0 Å². The number of morpholine rings is 1. The normalized spacial score (nSPS) is 17.4. The number of nitrogens with one attached hydrogen (secondary N) is 1. The van der Waals surface area contributed by atoms with Crippen LogP contribution >= 0.6 is 0 Å². The SMILES string of the molecule is Cc1ccc(NC2=C(c3ccc(C)cc3C)C(=O)N(CCCN3CCOCC3)C2=O)cc1. The van der Waals surface area contributed by atoms with Crippen LogP contribution < -0.4 is 5.32 Å².